The van der Waals surface area contributed by atoms with Crippen LogP contribution in [0.3, 0.4) is 0 Å². The highest BCUT2D eigenvalue weighted by molar-refractivity contribution is 5.79. The van der Waals surface area contributed by atoms with Gasteiger partial charge in [0.1, 0.15) is 11.3 Å². The molecule has 0 atom stereocenters. The van der Waals surface area contributed by atoms with Gasteiger partial charge in [0, 0.05) is 12.1 Å². The molecule has 102 valence electrons. The van der Waals surface area contributed by atoms with Crippen LogP contribution in [0.2, 0.25) is 0 Å². The Kier molecular flexibility index (Phi) is 3.14. The Balaban J connectivity index is 2.24. The summed E-state index contributed by atoms with van der Waals surface area (Å²) in [5.41, 5.74) is 9.30. The van der Waals surface area contributed by atoms with Gasteiger partial charge in [0.25, 0.3) is 0 Å². The molecule has 2 heterocycles. The van der Waals surface area contributed by atoms with Gasteiger partial charge in [-0.15, -0.1) is 0 Å². The molecule has 4 heteroatoms. The Morgan fingerprint density at radius 2 is 1.95 bits per heavy atom. The first-order valence-electron chi connectivity index (χ1n) is 6.82. The van der Waals surface area contributed by atoms with Crippen molar-refractivity contribution in [2.24, 2.45) is 5.92 Å². The molecule has 0 bridgehead atoms. The molecule has 0 fully saturated rings. The average Bonchev–Trinajstić information content (AvgIpc) is 2.77. The Labute approximate surface area is 118 Å². The van der Waals surface area contributed by atoms with Gasteiger partial charge in [-0.2, -0.15) is 0 Å². The third-order valence-electron chi connectivity index (χ3n) is 3.19. The van der Waals surface area contributed by atoms with Gasteiger partial charge in [0.05, 0.1) is 11.9 Å². The number of pyridine rings is 1. The first-order valence-corrected chi connectivity index (χ1v) is 6.82. The molecule has 4 nitrogen and oxygen atoms in total. The van der Waals surface area contributed by atoms with E-state index in [0.717, 1.165) is 29.1 Å². The van der Waals surface area contributed by atoms with Crippen LogP contribution in [-0.2, 0) is 6.54 Å². The van der Waals surface area contributed by atoms with E-state index in [0.29, 0.717) is 11.6 Å². The van der Waals surface area contributed by atoms with E-state index in [1.807, 2.05) is 24.3 Å². The predicted octanol–water partition coefficient (Wildman–Crippen LogP) is 3.34. The maximum Gasteiger partial charge on any atom is 0.160 e. The summed E-state index contributed by atoms with van der Waals surface area (Å²) in [5, 5.41) is 0. The van der Waals surface area contributed by atoms with Crippen molar-refractivity contribution in [2.75, 3.05) is 5.73 Å². The third kappa shape index (κ3) is 2.25. The molecule has 0 saturated carbocycles. The van der Waals surface area contributed by atoms with Crippen molar-refractivity contribution in [1.82, 2.24) is 14.5 Å². The number of nitrogens with two attached hydrogens (primary N) is 1. The maximum absolute atomic E-state index is 5.81. The van der Waals surface area contributed by atoms with Crippen molar-refractivity contribution in [3.63, 3.8) is 0 Å². The minimum atomic E-state index is 0.522. The standard InChI is InChI=1S/C16H18N4/c1-11(2)10-20-15(12-6-4-3-5-7-12)19-14-8-13(17)9-18-16(14)20/h3-9,11H,10,17H2,1-2H3. The summed E-state index contributed by atoms with van der Waals surface area (Å²) < 4.78 is 2.18. The second kappa shape index (κ2) is 4.96. The molecule has 20 heavy (non-hydrogen) atoms. The monoisotopic (exact) mass is 266 g/mol. The van der Waals surface area contributed by atoms with Gasteiger partial charge in [-0.1, -0.05) is 44.2 Å². The molecule has 2 N–H and O–H groups in total. The van der Waals surface area contributed by atoms with Crippen LogP contribution in [0.15, 0.2) is 42.6 Å². The smallest absolute Gasteiger partial charge is 0.160 e. The lowest BCUT2D eigenvalue weighted by molar-refractivity contribution is 0.534. The zero-order valence-corrected chi connectivity index (χ0v) is 11.7. The molecule has 0 amide bonds. The molecule has 0 unspecified atom stereocenters. The SMILES string of the molecule is CC(C)Cn1c(-c2ccccc2)nc2cc(N)cnc21. The molecular weight excluding hydrogens is 248 g/mol. The molecule has 0 aliphatic carbocycles. The van der Waals surface area contributed by atoms with E-state index in [-0.39, 0.29) is 0 Å². The highest BCUT2D eigenvalue weighted by Gasteiger charge is 2.14. The quantitative estimate of drug-likeness (QED) is 0.791. The molecule has 0 aliphatic heterocycles. The summed E-state index contributed by atoms with van der Waals surface area (Å²) in [6.07, 6.45) is 1.69. The Bertz CT molecular complexity index is 729. The topological polar surface area (TPSA) is 56.7 Å². The number of rotatable bonds is 3. The Morgan fingerprint density at radius 1 is 1.20 bits per heavy atom. The maximum atomic E-state index is 5.81. The minimum Gasteiger partial charge on any atom is -0.397 e. The first kappa shape index (κ1) is 12.7. The van der Waals surface area contributed by atoms with Crippen molar-refractivity contribution in [2.45, 2.75) is 20.4 Å². The molecule has 0 saturated heterocycles. The third-order valence-corrected chi connectivity index (χ3v) is 3.19. The van der Waals surface area contributed by atoms with Gasteiger partial charge in [-0.25, -0.2) is 9.97 Å². The van der Waals surface area contributed by atoms with Crippen molar-refractivity contribution in [1.29, 1.82) is 0 Å². The lowest BCUT2D eigenvalue weighted by atomic mass is 10.2. The number of hydrogen-bond donors (Lipinski definition) is 1. The minimum absolute atomic E-state index is 0.522. The fraction of sp³-hybridized carbons (Fsp3) is 0.250. The number of anilines is 1. The number of hydrogen-bond acceptors (Lipinski definition) is 3. The van der Waals surface area contributed by atoms with Crippen LogP contribution in [0, 0.1) is 5.92 Å². The number of nitrogen functional groups attached to an aromatic ring is 1. The largest absolute Gasteiger partial charge is 0.397 e. The van der Waals surface area contributed by atoms with Crippen LogP contribution in [0.4, 0.5) is 5.69 Å². The first-order chi connectivity index (χ1) is 9.65. The highest BCUT2D eigenvalue weighted by atomic mass is 15.1. The summed E-state index contributed by atoms with van der Waals surface area (Å²) in [6.45, 7) is 5.27. The molecule has 3 aromatic rings. The van der Waals surface area contributed by atoms with Crippen LogP contribution in [-0.4, -0.2) is 14.5 Å². The van der Waals surface area contributed by atoms with Crippen molar-refractivity contribution in [3.05, 3.63) is 42.6 Å². The van der Waals surface area contributed by atoms with Gasteiger partial charge in [0.2, 0.25) is 0 Å². The summed E-state index contributed by atoms with van der Waals surface area (Å²) in [7, 11) is 0. The molecule has 2 aromatic heterocycles. The van der Waals surface area contributed by atoms with E-state index in [1.165, 1.54) is 0 Å². The molecule has 3 rings (SSSR count). The van der Waals surface area contributed by atoms with E-state index in [1.54, 1.807) is 6.20 Å². The van der Waals surface area contributed by atoms with Gasteiger partial charge in [-0.05, 0) is 12.0 Å². The number of nitrogens with zero attached hydrogens (tertiary/aromatic N) is 3. The summed E-state index contributed by atoms with van der Waals surface area (Å²) >= 11 is 0. The van der Waals surface area contributed by atoms with Crippen molar-refractivity contribution >= 4 is 16.9 Å². The predicted molar refractivity (Wildman–Crippen MR) is 82.2 cm³/mol. The highest BCUT2D eigenvalue weighted by Crippen LogP contribution is 2.25. The van der Waals surface area contributed by atoms with Gasteiger partial charge < -0.3 is 10.3 Å². The molecule has 0 aliphatic rings. The van der Waals surface area contributed by atoms with Gasteiger partial charge in [0.15, 0.2) is 5.65 Å². The molecular formula is C16H18N4. The number of imidazole rings is 1. The zero-order valence-electron chi connectivity index (χ0n) is 11.7. The van der Waals surface area contributed by atoms with Crippen LogP contribution in [0.1, 0.15) is 13.8 Å². The van der Waals surface area contributed by atoms with E-state index < -0.39 is 0 Å². The van der Waals surface area contributed by atoms with Crippen LogP contribution < -0.4 is 5.73 Å². The molecule has 0 radical (unpaired) electrons. The lowest BCUT2D eigenvalue weighted by Crippen LogP contribution is -2.07. The fourth-order valence-electron chi connectivity index (χ4n) is 2.37. The van der Waals surface area contributed by atoms with Gasteiger partial charge >= 0.3 is 0 Å². The second-order valence-corrected chi connectivity index (χ2v) is 5.42. The van der Waals surface area contributed by atoms with E-state index >= 15 is 0 Å². The summed E-state index contributed by atoms with van der Waals surface area (Å²) in [4.78, 5) is 9.17. The summed E-state index contributed by atoms with van der Waals surface area (Å²) in [5.74, 6) is 1.47. The van der Waals surface area contributed by atoms with Crippen LogP contribution >= 0.6 is 0 Å². The van der Waals surface area contributed by atoms with Crippen molar-refractivity contribution in [3.8, 4) is 11.4 Å². The normalized spacial score (nSPS) is 11.3. The van der Waals surface area contributed by atoms with Crippen molar-refractivity contribution < 1.29 is 0 Å². The van der Waals surface area contributed by atoms with Crippen LogP contribution in [0.5, 0.6) is 0 Å². The number of aromatic nitrogens is 3. The molecule has 0 spiro atoms. The van der Waals surface area contributed by atoms with E-state index in [2.05, 4.69) is 35.5 Å². The fourth-order valence-corrected chi connectivity index (χ4v) is 2.37. The Hall–Kier alpha value is -2.36. The summed E-state index contributed by atoms with van der Waals surface area (Å²) in [6, 6.07) is 12.1. The lowest BCUT2D eigenvalue weighted by Gasteiger charge is -2.11. The Morgan fingerprint density at radius 3 is 2.65 bits per heavy atom. The number of benzene rings is 1. The van der Waals surface area contributed by atoms with Gasteiger partial charge in [-0.3, -0.25) is 0 Å². The second-order valence-electron chi connectivity index (χ2n) is 5.42. The van der Waals surface area contributed by atoms with E-state index in [4.69, 9.17) is 10.7 Å². The zero-order chi connectivity index (χ0) is 14.1. The number of fused-ring (bicyclic) bond motifs is 1. The molecule has 1 aromatic carbocycles. The van der Waals surface area contributed by atoms with E-state index in [9.17, 15) is 0 Å². The van der Waals surface area contributed by atoms with Crippen LogP contribution in [0.25, 0.3) is 22.6 Å². The average molecular weight is 266 g/mol.